The largest absolute Gasteiger partial charge is 0.396 e. The second-order valence-electron chi connectivity index (χ2n) is 4.22. The third-order valence-corrected chi connectivity index (χ3v) is 2.73. The fourth-order valence-corrected chi connectivity index (χ4v) is 1.60. The lowest BCUT2D eigenvalue weighted by atomic mass is 9.99. The Hall–Kier alpha value is -0.280. The maximum absolute atomic E-state index is 9.88. The average molecular weight is 282 g/mol. The Labute approximate surface area is 113 Å². The van der Waals surface area contributed by atoms with Crippen LogP contribution in [0.3, 0.4) is 0 Å². The van der Waals surface area contributed by atoms with E-state index in [9.17, 15) is 15.3 Å². The predicted octanol–water partition coefficient (Wildman–Crippen LogP) is -1.74. The molecule has 0 rings (SSSR count). The molecule has 0 aliphatic rings. The molecule has 0 aliphatic carbocycles. The lowest BCUT2D eigenvalue weighted by molar-refractivity contribution is -0.144. The van der Waals surface area contributed by atoms with E-state index < -0.39 is 24.4 Å². The van der Waals surface area contributed by atoms with Gasteiger partial charge in [-0.05, 0) is 12.8 Å². The first-order chi connectivity index (χ1) is 9.08. The van der Waals surface area contributed by atoms with Crippen molar-refractivity contribution < 1.29 is 35.0 Å². The van der Waals surface area contributed by atoms with Crippen LogP contribution in [0.1, 0.15) is 19.8 Å². The minimum Gasteiger partial charge on any atom is -0.396 e. The highest BCUT2D eigenvalue weighted by Crippen LogP contribution is 2.13. The molecule has 0 saturated heterocycles. The number of rotatable bonds is 12. The Morgan fingerprint density at radius 1 is 0.895 bits per heavy atom. The first kappa shape index (κ1) is 18.7. The van der Waals surface area contributed by atoms with Crippen LogP contribution in [-0.2, 0) is 9.47 Å². The molecule has 0 bridgehead atoms. The molecule has 19 heavy (non-hydrogen) atoms. The van der Waals surface area contributed by atoms with Crippen molar-refractivity contribution in [2.75, 3.05) is 33.0 Å². The van der Waals surface area contributed by atoms with E-state index in [1.165, 1.54) is 0 Å². The first-order valence-electron chi connectivity index (χ1n) is 6.53. The van der Waals surface area contributed by atoms with Gasteiger partial charge in [0.15, 0.2) is 0 Å². The zero-order chi connectivity index (χ0) is 14.7. The van der Waals surface area contributed by atoms with Crippen molar-refractivity contribution in [3.63, 3.8) is 0 Å². The summed E-state index contributed by atoms with van der Waals surface area (Å²) in [5, 5.41) is 46.6. The lowest BCUT2D eigenvalue weighted by Crippen LogP contribution is -2.46. The van der Waals surface area contributed by atoms with E-state index in [1.54, 1.807) is 6.92 Å². The number of hydrogen-bond acceptors (Lipinski definition) is 7. The number of aliphatic hydroxyl groups is 5. The summed E-state index contributed by atoms with van der Waals surface area (Å²) >= 11 is 0. The zero-order valence-corrected chi connectivity index (χ0v) is 11.3. The van der Waals surface area contributed by atoms with Gasteiger partial charge in [0, 0.05) is 6.61 Å². The fourth-order valence-electron chi connectivity index (χ4n) is 1.60. The van der Waals surface area contributed by atoms with Gasteiger partial charge in [-0.1, -0.05) is 6.92 Å². The van der Waals surface area contributed by atoms with Crippen molar-refractivity contribution >= 4 is 0 Å². The molecule has 0 spiro atoms. The summed E-state index contributed by atoms with van der Waals surface area (Å²) in [5.41, 5.74) is 0. The molecule has 7 nitrogen and oxygen atoms in total. The van der Waals surface area contributed by atoms with Gasteiger partial charge in [-0.3, -0.25) is 0 Å². The van der Waals surface area contributed by atoms with Crippen LogP contribution >= 0.6 is 0 Å². The van der Waals surface area contributed by atoms with Crippen molar-refractivity contribution in [1.82, 2.24) is 0 Å². The Morgan fingerprint density at radius 3 is 2.11 bits per heavy atom. The molecule has 0 saturated carbocycles. The molecule has 4 unspecified atom stereocenters. The lowest BCUT2D eigenvalue weighted by Gasteiger charge is -2.30. The SMILES string of the molecule is CCC(O)C(O)C(OCCOCCO)C(O)CCO. The highest BCUT2D eigenvalue weighted by atomic mass is 16.5. The van der Waals surface area contributed by atoms with Crippen LogP contribution in [0, 0.1) is 0 Å². The van der Waals surface area contributed by atoms with E-state index in [-0.39, 0.29) is 39.5 Å². The highest BCUT2D eigenvalue weighted by molar-refractivity contribution is 4.81. The van der Waals surface area contributed by atoms with Gasteiger partial charge in [0.1, 0.15) is 12.2 Å². The summed E-state index contributed by atoms with van der Waals surface area (Å²) in [5.74, 6) is 0. The fraction of sp³-hybridized carbons (Fsp3) is 1.00. The molecule has 0 aromatic heterocycles. The second-order valence-corrected chi connectivity index (χ2v) is 4.22. The second kappa shape index (κ2) is 11.5. The molecule has 5 N–H and O–H groups in total. The standard InChI is InChI=1S/C12H26O7/c1-2-9(15)11(17)12(10(16)3-4-13)19-8-7-18-6-5-14/h9-17H,2-8H2,1H3. The molecule has 0 amide bonds. The van der Waals surface area contributed by atoms with Gasteiger partial charge in [0.05, 0.1) is 38.6 Å². The Morgan fingerprint density at radius 2 is 1.58 bits per heavy atom. The van der Waals surface area contributed by atoms with E-state index in [2.05, 4.69) is 0 Å². The van der Waals surface area contributed by atoms with E-state index >= 15 is 0 Å². The molecule has 0 aliphatic heterocycles. The predicted molar refractivity (Wildman–Crippen MR) is 67.7 cm³/mol. The van der Waals surface area contributed by atoms with Gasteiger partial charge < -0.3 is 35.0 Å². The highest BCUT2D eigenvalue weighted by Gasteiger charge is 2.31. The molecule has 0 fully saturated rings. The monoisotopic (exact) mass is 282 g/mol. The zero-order valence-electron chi connectivity index (χ0n) is 11.3. The number of ether oxygens (including phenoxy) is 2. The molecule has 0 radical (unpaired) electrons. The molecule has 0 aromatic rings. The summed E-state index contributed by atoms with van der Waals surface area (Å²) < 4.78 is 10.3. The van der Waals surface area contributed by atoms with Gasteiger partial charge in [-0.25, -0.2) is 0 Å². The quantitative estimate of drug-likeness (QED) is 0.269. The molecule has 0 heterocycles. The Kier molecular flexibility index (Phi) is 11.4. The topological polar surface area (TPSA) is 120 Å². The first-order valence-corrected chi connectivity index (χ1v) is 6.53. The normalized spacial score (nSPS) is 18.0. The molecule has 0 aromatic carbocycles. The van der Waals surface area contributed by atoms with Crippen LogP contribution in [-0.4, -0.2) is 83.0 Å². The van der Waals surface area contributed by atoms with Crippen molar-refractivity contribution in [1.29, 1.82) is 0 Å². The number of hydrogen-bond donors (Lipinski definition) is 5. The summed E-state index contributed by atoms with van der Waals surface area (Å²) in [6.45, 7) is 1.88. The molecule has 7 heteroatoms. The van der Waals surface area contributed by atoms with Crippen molar-refractivity contribution in [2.45, 2.75) is 44.2 Å². The van der Waals surface area contributed by atoms with Gasteiger partial charge in [0.25, 0.3) is 0 Å². The maximum Gasteiger partial charge on any atom is 0.112 e. The number of aliphatic hydroxyl groups excluding tert-OH is 5. The van der Waals surface area contributed by atoms with Crippen molar-refractivity contribution in [2.24, 2.45) is 0 Å². The van der Waals surface area contributed by atoms with E-state index in [1.807, 2.05) is 0 Å². The van der Waals surface area contributed by atoms with Gasteiger partial charge >= 0.3 is 0 Å². The summed E-state index contributed by atoms with van der Waals surface area (Å²) in [6, 6.07) is 0. The van der Waals surface area contributed by atoms with Crippen LogP contribution in [0.4, 0.5) is 0 Å². The smallest absolute Gasteiger partial charge is 0.112 e. The molecular formula is C12H26O7. The maximum atomic E-state index is 9.88. The molecular weight excluding hydrogens is 256 g/mol. The van der Waals surface area contributed by atoms with E-state index in [4.69, 9.17) is 19.7 Å². The van der Waals surface area contributed by atoms with Gasteiger partial charge in [0.2, 0.25) is 0 Å². The Balaban J connectivity index is 4.25. The third-order valence-electron chi connectivity index (χ3n) is 2.73. The van der Waals surface area contributed by atoms with Gasteiger partial charge in [-0.2, -0.15) is 0 Å². The average Bonchev–Trinajstić information content (AvgIpc) is 2.41. The minimum atomic E-state index is -1.23. The van der Waals surface area contributed by atoms with Crippen molar-refractivity contribution in [3.05, 3.63) is 0 Å². The van der Waals surface area contributed by atoms with E-state index in [0.717, 1.165) is 0 Å². The minimum absolute atomic E-state index is 0.0512. The van der Waals surface area contributed by atoms with Crippen LogP contribution in [0.25, 0.3) is 0 Å². The Bertz CT molecular complexity index is 203. The molecule has 4 atom stereocenters. The third kappa shape index (κ3) is 7.78. The van der Waals surface area contributed by atoms with Gasteiger partial charge in [-0.15, -0.1) is 0 Å². The van der Waals surface area contributed by atoms with Crippen molar-refractivity contribution in [3.8, 4) is 0 Å². The van der Waals surface area contributed by atoms with Crippen LogP contribution in [0.15, 0.2) is 0 Å². The summed E-state index contributed by atoms with van der Waals surface area (Å²) in [4.78, 5) is 0. The summed E-state index contributed by atoms with van der Waals surface area (Å²) in [6.07, 6.45) is -3.91. The van der Waals surface area contributed by atoms with Crippen LogP contribution in [0.2, 0.25) is 0 Å². The van der Waals surface area contributed by atoms with Crippen LogP contribution in [0.5, 0.6) is 0 Å². The molecule has 116 valence electrons. The van der Waals surface area contributed by atoms with Crippen LogP contribution < -0.4 is 0 Å². The van der Waals surface area contributed by atoms with E-state index in [0.29, 0.717) is 6.42 Å². The summed E-state index contributed by atoms with van der Waals surface area (Å²) in [7, 11) is 0.